The quantitative estimate of drug-likeness (QED) is 0.0157. The number of fused-ring (bicyclic) bond motifs is 5. The van der Waals surface area contributed by atoms with E-state index < -0.39 is 100 Å². The fraction of sp³-hybridized carbons (Fsp3) is 0.492. The third-order valence-electron chi connectivity index (χ3n) is 16.3. The lowest BCUT2D eigenvalue weighted by molar-refractivity contribution is -0.929. The molecule has 0 saturated carbocycles. The maximum Gasteiger partial charge on any atom is 0.343 e. The van der Waals surface area contributed by atoms with Crippen LogP contribution in [0.15, 0.2) is 59.4 Å². The highest BCUT2D eigenvalue weighted by Crippen LogP contribution is 2.42. The Morgan fingerprint density at radius 1 is 0.886 bits per heavy atom. The van der Waals surface area contributed by atoms with Gasteiger partial charge in [-0.2, -0.15) is 4.31 Å². The number of quaternary nitrogens is 1. The lowest BCUT2D eigenvalue weighted by Gasteiger charge is -2.43. The Kier molecular flexibility index (Phi) is 21.3. The van der Waals surface area contributed by atoms with Crippen molar-refractivity contribution in [2.45, 2.75) is 83.5 Å². The molecule has 4 aliphatic rings. The lowest BCUT2D eigenvalue weighted by atomic mass is 9.86. The molecule has 1 fully saturated rings. The molecule has 0 spiro atoms. The highest BCUT2D eigenvalue weighted by atomic mass is 32.2. The summed E-state index contributed by atoms with van der Waals surface area (Å²) in [5, 5.41) is 24.4. The molecule has 0 unspecified atom stereocenters. The predicted octanol–water partition coefficient (Wildman–Crippen LogP) is -0.130. The molecule has 6 heterocycles. The van der Waals surface area contributed by atoms with Gasteiger partial charge in [-0.15, -0.1) is 0 Å². The number of esters is 1. The molecule has 0 bridgehead atoms. The molecule has 4 aliphatic heterocycles. The van der Waals surface area contributed by atoms with Gasteiger partial charge in [0, 0.05) is 112 Å². The highest BCUT2D eigenvalue weighted by Gasteiger charge is 2.46. The third kappa shape index (κ3) is 15.4. The molecule has 29 heteroatoms. The summed E-state index contributed by atoms with van der Waals surface area (Å²) in [6.45, 7) is 3.40. The summed E-state index contributed by atoms with van der Waals surface area (Å²) in [6.07, 6.45) is 3.46. The number of carbonyl (C=O) groups excluding carboxylic acids is 8. The fourth-order valence-corrected chi connectivity index (χ4v) is 12.5. The number of hydrogen-bond donors (Lipinski definition) is 6. The van der Waals surface area contributed by atoms with Gasteiger partial charge in [0.1, 0.15) is 19.2 Å². The van der Waals surface area contributed by atoms with Crippen molar-refractivity contribution in [1.29, 1.82) is 0 Å². The van der Waals surface area contributed by atoms with Gasteiger partial charge in [0.15, 0.2) is 17.2 Å². The van der Waals surface area contributed by atoms with Gasteiger partial charge in [-0.05, 0) is 43.2 Å². The van der Waals surface area contributed by atoms with Gasteiger partial charge in [-0.1, -0.05) is 19.1 Å². The minimum atomic E-state index is -4.02. The Morgan fingerprint density at radius 3 is 2.19 bits per heavy atom. The number of hydrogen-bond acceptors (Lipinski definition) is 18. The number of cyclic esters (lactones) is 1. The largest absolute Gasteiger partial charge is 0.494 e. The normalized spacial score (nSPS) is 17.1. The van der Waals surface area contributed by atoms with E-state index in [2.05, 4.69) is 45.6 Å². The Morgan fingerprint density at radius 2 is 1.55 bits per heavy atom. The first-order valence-electron chi connectivity index (χ1n) is 28.8. The summed E-state index contributed by atoms with van der Waals surface area (Å²) in [5.41, 5.74) is 2.52. The molecule has 2 aromatic carbocycles. The number of nitrogens with zero attached hydrogens (tertiary/aromatic N) is 6. The van der Waals surface area contributed by atoms with Gasteiger partial charge >= 0.3 is 5.97 Å². The average molecular weight is 1250 g/mol. The highest BCUT2D eigenvalue weighted by molar-refractivity contribution is 7.89. The smallest absolute Gasteiger partial charge is 0.343 e. The lowest BCUT2D eigenvalue weighted by Crippen LogP contribution is -2.53. The molecule has 474 valence electrons. The van der Waals surface area contributed by atoms with E-state index in [0.29, 0.717) is 45.6 Å². The molecule has 2 aromatic heterocycles. The van der Waals surface area contributed by atoms with Crippen LogP contribution in [-0.2, 0) is 94.4 Å². The minimum Gasteiger partial charge on any atom is -0.494 e. The topological polar surface area (TPSA) is 333 Å². The molecule has 0 aliphatic carbocycles. The number of nitrogens with one attached hydrogen (secondary N) is 5. The van der Waals surface area contributed by atoms with Crippen LogP contribution in [0.5, 0.6) is 5.75 Å². The standard InChI is InChI=1S/C59H74FN11O16S/c1-7-59(81)44-27-47-55-42(33-70(47)57(79)43(44)35-87-58(59)80)41(40-26-48(85-6)45(60)28-46(40)66-55)32-67-17-14-39(15-18-67)71(3,4)34-37-8-10-38(11-9-37)65-56(78)36(2)64-52(75)31-63-51(74)30-62-50(73)29-61-49(72)16-19-68(20-21-69-53(76)12-13-54(69)77)88(82,83)25-24-86-23-22-84-5/h8-13,26-28,36,39,81H,7,14-25,29-35H2,1-6H3,(H4-,61,62,63,64,65,72,73,74,75,78)/p+1/t36-,59-/m0/s1. The first-order valence-corrected chi connectivity index (χ1v) is 30.5. The van der Waals surface area contributed by atoms with Crippen LogP contribution in [0.3, 0.4) is 0 Å². The van der Waals surface area contributed by atoms with Crippen LogP contribution in [0, 0.1) is 5.82 Å². The maximum absolute atomic E-state index is 15.3. The number of carbonyl (C=O) groups is 8. The number of aromatic nitrogens is 2. The summed E-state index contributed by atoms with van der Waals surface area (Å²) >= 11 is 0. The van der Waals surface area contributed by atoms with Gasteiger partial charge < -0.3 is 59.7 Å². The van der Waals surface area contributed by atoms with Crippen LogP contribution in [0.4, 0.5) is 10.1 Å². The summed E-state index contributed by atoms with van der Waals surface area (Å²) < 4.78 is 65.6. The number of sulfonamides is 1. The number of imide groups is 1. The number of halogens is 1. The second-order valence-electron chi connectivity index (χ2n) is 22.5. The van der Waals surface area contributed by atoms with E-state index in [-0.39, 0.29) is 93.9 Å². The number of benzene rings is 2. The molecule has 2 atom stereocenters. The molecule has 8 rings (SSSR count). The molecule has 4 aromatic rings. The average Bonchev–Trinajstić information content (AvgIpc) is 1.50. The number of anilines is 1. The number of rotatable bonds is 29. The fourth-order valence-electron chi connectivity index (χ4n) is 11.2. The SMILES string of the molecule is CC[C@@]1(O)C(=O)OCc2c1cc1n(c2=O)Cc2c-1nc1cc(F)c(OC)cc1c2CN1CCC([N+](C)(C)Cc2ccc(NC(=O)[C@H](C)NC(=O)CNC(=O)CNC(=O)CNC(=O)CCN(CCN3C(=O)C=CC3=O)S(=O)(=O)CCOCCOC)cc2)CC1. The molecular weight excluding hydrogens is 1170 g/mol. The van der Waals surface area contributed by atoms with E-state index in [0.717, 1.165) is 64.0 Å². The van der Waals surface area contributed by atoms with Crippen LogP contribution in [0.25, 0.3) is 22.3 Å². The molecule has 0 radical (unpaired) electrons. The third-order valence-corrected chi connectivity index (χ3v) is 18.1. The van der Waals surface area contributed by atoms with Crippen LogP contribution in [0.2, 0.25) is 0 Å². The number of ether oxygens (including phenoxy) is 4. The van der Waals surface area contributed by atoms with Crippen molar-refractivity contribution in [3.05, 3.63) is 98.6 Å². The Hall–Kier alpha value is -8.06. The monoisotopic (exact) mass is 1240 g/mol. The zero-order chi connectivity index (χ0) is 63.7. The van der Waals surface area contributed by atoms with E-state index in [1.807, 2.05) is 12.1 Å². The summed E-state index contributed by atoms with van der Waals surface area (Å²) in [6, 6.07) is 11.3. The number of aliphatic hydroxyl groups is 1. The van der Waals surface area contributed by atoms with Gasteiger partial charge in [0.05, 0.1) is 101 Å². The van der Waals surface area contributed by atoms with Crippen molar-refractivity contribution in [3.63, 3.8) is 0 Å². The minimum absolute atomic E-state index is 0.00214. The van der Waals surface area contributed by atoms with Gasteiger partial charge in [0.25, 0.3) is 17.4 Å². The van der Waals surface area contributed by atoms with Crippen molar-refractivity contribution < 1.29 is 79.7 Å². The Labute approximate surface area is 507 Å². The second kappa shape index (κ2) is 28.4. The summed E-state index contributed by atoms with van der Waals surface area (Å²) in [4.78, 5) is 122. The zero-order valence-electron chi connectivity index (χ0n) is 50.0. The molecule has 88 heavy (non-hydrogen) atoms. The number of pyridine rings is 2. The number of amides is 7. The van der Waals surface area contributed by atoms with Crippen molar-refractivity contribution in [1.82, 2.24) is 44.9 Å². The summed E-state index contributed by atoms with van der Waals surface area (Å²) in [5.74, 6) is -6.40. The molecule has 1 saturated heterocycles. The van der Waals surface area contributed by atoms with Crippen LogP contribution < -0.4 is 36.9 Å². The second-order valence-corrected chi connectivity index (χ2v) is 24.6. The molecule has 27 nitrogen and oxygen atoms in total. The number of piperidine rings is 1. The van der Waals surface area contributed by atoms with Crippen LogP contribution in [-0.4, -0.2) is 207 Å². The number of methoxy groups -OCH3 is 2. The first kappa shape index (κ1) is 65.9. The van der Waals surface area contributed by atoms with E-state index in [9.17, 15) is 56.7 Å². The Bertz CT molecular complexity index is 3550. The van der Waals surface area contributed by atoms with Gasteiger partial charge in [0.2, 0.25) is 39.6 Å². The van der Waals surface area contributed by atoms with Crippen LogP contribution in [0.1, 0.15) is 67.3 Å². The van der Waals surface area contributed by atoms with E-state index in [1.165, 1.54) is 27.2 Å². The van der Waals surface area contributed by atoms with Crippen molar-refractivity contribution >= 4 is 73.9 Å². The van der Waals surface area contributed by atoms with Gasteiger partial charge in [-0.25, -0.2) is 22.6 Å². The van der Waals surface area contributed by atoms with E-state index in [1.54, 1.807) is 35.8 Å². The predicted molar refractivity (Wildman–Crippen MR) is 315 cm³/mol. The van der Waals surface area contributed by atoms with Crippen LogP contribution >= 0.6 is 0 Å². The van der Waals surface area contributed by atoms with E-state index in [4.69, 9.17) is 23.9 Å². The zero-order valence-corrected chi connectivity index (χ0v) is 50.8. The molecule has 7 amide bonds. The van der Waals surface area contributed by atoms with Crippen molar-refractivity contribution in [2.24, 2.45) is 0 Å². The van der Waals surface area contributed by atoms with Crippen molar-refractivity contribution in [3.8, 4) is 17.1 Å². The maximum atomic E-state index is 15.3. The number of likely N-dealkylation sites (tertiary alicyclic amines) is 1. The van der Waals surface area contributed by atoms with Crippen molar-refractivity contribution in [2.75, 3.05) is 112 Å². The first-order chi connectivity index (χ1) is 41.9. The molecule has 6 N–H and O–H groups in total. The van der Waals surface area contributed by atoms with Gasteiger partial charge in [-0.3, -0.25) is 48.2 Å². The van der Waals surface area contributed by atoms with E-state index >= 15 is 4.39 Å². The molecular formula is C59H75FN11O16S+. The Balaban J connectivity index is 0.757. The summed E-state index contributed by atoms with van der Waals surface area (Å²) in [7, 11) is 3.19.